The van der Waals surface area contributed by atoms with E-state index in [0.29, 0.717) is 13.0 Å². The molecule has 16 heavy (non-hydrogen) atoms. The molecule has 0 saturated heterocycles. The van der Waals surface area contributed by atoms with Gasteiger partial charge in [-0.1, -0.05) is 18.2 Å². The molecule has 1 heterocycles. The van der Waals surface area contributed by atoms with Crippen LogP contribution in [0.2, 0.25) is 0 Å². The van der Waals surface area contributed by atoms with Crippen LogP contribution in [-0.4, -0.2) is 16.9 Å². The number of pyridine rings is 1. The summed E-state index contributed by atoms with van der Waals surface area (Å²) < 4.78 is 0. The molecule has 1 amide bonds. The van der Waals surface area contributed by atoms with Crippen molar-refractivity contribution in [2.75, 3.05) is 0 Å². The Hall–Kier alpha value is -1.68. The maximum absolute atomic E-state index is 11.7. The van der Waals surface area contributed by atoms with Gasteiger partial charge in [-0.05, 0) is 18.6 Å². The first-order valence-electron chi connectivity index (χ1n) is 5.37. The quantitative estimate of drug-likeness (QED) is 0.728. The van der Waals surface area contributed by atoms with Gasteiger partial charge in [0.15, 0.2) is 0 Å². The number of hydrogen-bond donors (Lipinski definition) is 2. The molecule has 2 unspecified atom stereocenters. The monoisotopic (exact) mass is 217 g/mol. The van der Waals surface area contributed by atoms with Crippen LogP contribution in [0.15, 0.2) is 36.5 Å². The summed E-state index contributed by atoms with van der Waals surface area (Å²) in [6, 6.07) is 5.66. The highest BCUT2D eigenvalue weighted by molar-refractivity contribution is 5.80. The summed E-state index contributed by atoms with van der Waals surface area (Å²) in [5.74, 6) is -0.0615. The van der Waals surface area contributed by atoms with Gasteiger partial charge in [0.05, 0.1) is 18.2 Å². The SMILES string of the molecule is NC1C=CC(C(=O)NCc2ccccn2)C1. The second kappa shape index (κ2) is 4.90. The number of nitrogens with zero attached hydrogens (tertiary/aromatic N) is 1. The predicted octanol–water partition coefficient (Wildman–Crippen LogP) is 0.601. The molecule has 0 aromatic carbocycles. The highest BCUT2D eigenvalue weighted by Gasteiger charge is 2.22. The van der Waals surface area contributed by atoms with Crippen molar-refractivity contribution < 1.29 is 4.79 Å². The molecular weight excluding hydrogens is 202 g/mol. The Balaban J connectivity index is 1.83. The molecule has 1 aliphatic rings. The number of nitrogens with one attached hydrogen (secondary N) is 1. The molecule has 0 aliphatic heterocycles. The normalized spacial score (nSPS) is 23.3. The fourth-order valence-corrected chi connectivity index (χ4v) is 1.73. The third-order valence-corrected chi connectivity index (χ3v) is 2.62. The molecular formula is C12H15N3O. The number of aromatic nitrogens is 1. The Morgan fingerprint density at radius 1 is 1.50 bits per heavy atom. The van der Waals surface area contributed by atoms with Crippen LogP contribution in [0.5, 0.6) is 0 Å². The fraction of sp³-hybridized carbons (Fsp3) is 0.333. The number of hydrogen-bond acceptors (Lipinski definition) is 3. The van der Waals surface area contributed by atoms with E-state index in [-0.39, 0.29) is 17.9 Å². The summed E-state index contributed by atoms with van der Waals surface area (Å²) in [7, 11) is 0. The number of rotatable bonds is 3. The van der Waals surface area contributed by atoms with Gasteiger partial charge in [-0.3, -0.25) is 9.78 Å². The van der Waals surface area contributed by atoms with Crippen molar-refractivity contribution in [3.63, 3.8) is 0 Å². The van der Waals surface area contributed by atoms with Crippen molar-refractivity contribution in [3.8, 4) is 0 Å². The van der Waals surface area contributed by atoms with Crippen LogP contribution in [0.25, 0.3) is 0 Å². The number of carbonyl (C=O) groups excluding carboxylic acids is 1. The van der Waals surface area contributed by atoms with E-state index in [2.05, 4.69) is 10.3 Å². The standard InChI is InChI=1S/C12H15N3O/c13-10-5-4-9(7-10)12(16)15-8-11-3-1-2-6-14-11/h1-6,9-10H,7-8,13H2,(H,15,16). The van der Waals surface area contributed by atoms with Crippen molar-refractivity contribution in [2.24, 2.45) is 11.7 Å². The van der Waals surface area contributed by atoms with Crippen LogP contribution in [0.1, 0.15) is 12.1 Å². The number of amides is 1. The lowest BCUT2D eigenvalue weighted by atomic mass is 10.1. The van der Waals surface area contributed by atoms with Crippen molar-refractivity contribution in [1.82, 2.24) is 10.3 Å². The molecule has 3 N–H and O–H groups in total. The zero-order valence-electron chi connectivity index (χ0n) is 8.97. The van der Waals surface area contributed by atoms with Crippen LogP contribution < -0.4 is 11.1 Å². The first kappa shape index (κ1) is 10.8. The lowest BCUT2D eigenvalue weighted by Crippen LogP contribution is -2.30. The van der Waals surface area contributed by atoms with Gasteiger partial charge in [0.2, 0.25) is 5.91 Å². The van der Waals surface area contributed by atoms with E-state index in [9.17, 15) is 4.79 Å². The van der Waals surface area contributed by atoms with E-state index < -0.39 is 0 Å². The average molecular weight is 217 g/mol. The molecule has 4 heteroatoms. The second-order valence-electron chi connectivity index (χ2n) is 3.93. The topological polar surface area (TPSA) is 68.0 Å². The third-order valence-electron chi connectivity index (χ3n) is 2.62. The highest BCUT2D eigenvalue weighted by Crippen LogP contribution is 2.16. The van der Waals surface area contributed by atoms with E-state index in [0.717, 1.165) is 5.69 Å². The first-order chi connectivity index (χ1) is 7.75. The summed E-state index contributed by atoms with van der Waals surface area (Å²) in [4.78, 5) is 15.9. The van der Waals surface area contributed by atoms with Crippen molar-refractivity contribution in [1.29, 1.82) is 0 Å². The lowest BCUT2D eigenvalue weighted by molar-refractivity contribution is -0.123. The average Bonchev–Trinajstić information content (AvgIpc) is 2.74. The van der Waals surface area contributed by atoms with Crippen molar-refractivity contribution >= 4 is 5.91 Å². The van der Waals surface area contributed by atoms with Gasteiger partial charge in [0.25, 0.3) is 0 Å². The molecule has 0 spiro atoms. The Kier molecular flexibility index (Phi) is 3.31. The van der Waals surface area contributed by atoms with E-state index in [4.69, 9.17) is 5.73 Å². The van der Waals surface area contributed by atoms with E-state index in [1.807, 2.05) is 30.4 Å². The van der Waals surface area contributed by atoms with E-state index >= 15 is 0 Å². The molecule has 1 aromatic heterocycles. The third kappa shape index (κ3) is 2.67. The zero-order chi connectivity index (χ0) is 11.4. The molecule has 0 fully saturated rings. The molecule has 1 aromatic rings. The van der Waals surface area contributed by atoms with Gasteiger partial charge in [0, 0.05) is 12.2 Å². The van der Waals surface area contributed by atoms with Crippen molar-refractivity contribution in [2.45, 2.75) is 19.0 Å². The molecule has 2 rings (SSSR count). The summed E-state index contributed by atoms with van der Waals surface area (Å²) >= 11 is 0. The molecule has 84 valence electrons. The van der Waals surface area contributed by atoms with Gasteiger partial charge >= 0.3 is 0 Å². The molecule has 0 saturated carbocycles. The van der Waals surface area contributed by atoms with Gasteiger partial charge in [-0.25, -0.2) is 0 Å². The highest BCUT2D eigenvalue weighted by atomic mass is 16.1. The second-order valence-corrected chi connectivity index (χ2v) is 3.93. The number of nitrogens with two attached hydrogens (primary N) is 1. The largest absolute Gasteiger partial charge is 0.350 e. The van der Waals surface area contributed by atoms with Crippen LogP contribution in [-0.2, 0) is 11.3 Å². The van der Waals surface area contributed by atoms with Crippen molar-refractivity contribution in [3.05, 3.63) is 42.2 Å². The minimum atomic E-state index is -0.0845. The van der Waals surface area contributed by atoms with Crippen LogP contribution in [0.3, 0.4) is 0 Å². The molecule has 0 radical (unpaired) electrons. The zero-order valence-corrected chi connectivity index (χ0v) is 8.97. The Morgan fingerprint density at radius 3 is 3.00 bits per heavy atom. The fourth-order valence-electron chi connectivity index (χ4n) is 1.73. The minimum Gasteiger partial charge on any atom is -0.350 e. The summed E-state index contributed by atoms with van der Waals surface area (Å²) in [5, 5.41) is 2.85. The molecule has 1 aliphatic carbocycles. The van der Waals surface area contributed by atoms with Gasteiger partial charge in [-0.15, -0.1) is 0 Å². The smallest absolute Gasteiger partial charge is 0.227 e. The molecule has 2 atom stereocenters. The number of carbonyl (C=O) groups is 1. The summed E-state index contributed by atoms with van der Waals surface area (Å²) in [6.45, 7) is 0.471. The molecule has 4 nitrogen and oxygen atoms in total. The van der Waals surface area contributed by atoms with Gasteiger partial charge < -0.3 is 11.1 Å². The summed E-state index contributed by atoms with van der Waals surface area (Å²) in [5.41, 5.74) is 6.55. The van der Waals surface area contributed by atoms with Crippen LogP contribution >= 0.6 is 0 Å². The maximum atomic E-state index is 11.7. The minimum absolute atomic E-state index is 0.0191. The Morgan fingerprint density at radius 2 is 2.38 bits per heavy atom. The maximum Gasteiger partial charge on any atom is 0.227 e. The Labute approximate surface area is 94.6 Å². The molecule has 0 bridgehead atoms. The van der Waals surface area contributed by atoms with Gasteiger partial charge in [-0.2, -0.15) is 0 Å². The van der Waals surface area contributed by atoms with Crippen LogP contribution in [0, 0.1) is 5.92 Å². The first-order valence-corrected chi connectivity index (χ1v) is 5.37. The lowest BCUT2D eigenvalue weighted by Gasteiger charge is -2.09. The Bertz CT molecular complexity index is 389. The van der Waals surface area contributed by atoms with E-state index in [1.165, 1.54) is 0 Å². The summed E-state index contributed by atoms with van der Waals surface area (Å²) in [6.07, 6.45) is 6.17. The van der Waals surface area contributed by atoms with Crippen LogP contribution in [0.4, 0.5) is 0 Å². The van der Waals surface area contributed by atoms with E-state index in [1.54, 1.807) is 6.20 Å². The predicted molar refractivity (Wildman–Crippen MR) is 61.3 cm³/mol. The van der Waals surface area contributed by atoms with Gasteiger partial charge in [0.1, 0.15) is 0 Å².